The van der Waals surface area contributed by atoms with Gasteiger partial charge in [-0.25, -0.2) is 4.79 Å². The van der Waals surface area contributed by atoms with E-state index in [-0.39, 0.29) is 24.6 Å². The molecule has 2 aliphatic heterocycles. The van der Waals surface area contributed by atoms with E-state index < -0.39 is 24.0 Å². The van der Waals surface area contributed by atoms with Crippen molar-refractivity contribution in [3.05, 3.63) is 11.1 Å². The van der Waals surface area contributed by atoms with E-state index in [0.717, 1.165) is 32.1 Å². The maximum Gasteiger partial charge on any atom is 0.342 e. The second-order valence-electron chi connectivity index (χ2n) is 6.84. The lowest BCUT2D eigenvalue weighted by molar-refractivity contribution is -0.147. The Morgan fingerprint density at radius 1 is 1.21 bits per heavy atom. The van der Waals surface area contributed by atoms with Gasteiger partial charge in [-0.3, -0.25) is 4.79 Å². The summed E-state index contributed by atoms with van der Waals surface area (Å²) < 4.78 is 16.5. The number of hydrogen-bond donors (Lipinski definition) is 1. The zero-order valence-electron chi connectivity index (χ0n) is 14.8. The summed E-state index contributed by atoms with van der Waals surface area (Å²) in [4.78, 5) is 24.5. The normalized spacial score (nSPS) is 26.1. The number of rotatable bonds is 9. The number of hydrogen-bond acceptors (Lipinski definition) is 6. The summed E-state index contributed by atoms with van der Waals surface area (Å²) in [5, 5.41) is 9.51. The molecule has 1 N–H and O–H groups in total. The Kier molecular flexibility index (Phi) is 6.54. The Morgan fingerprint density at radius 3 is 2.58 bits per heavy atom. The fourth-order valence-corrected chi connectivity index (χ4v) is 3.21. The van der Waals surface area contributed by atoms with Crippen LogP contribution in [0.3, 0.4) is 0 Å². The molecule has 2 aliphatic rings. The summed E-state index contributed by atoms with van der Waals surface area (Å²) in [6, 6.07) is 0. The van der Waals surface area contributed by atoms with Gasteiger partial charge >= 0.3 is 5.97 Å². The molecule has 0 spiro atoms. The van der Waals surface area contributed by atoms with Crippen molar-refractivity contribution in [3.63, 3.8) is 0 Å². The van der Waals surface area contributed by atoms with Crippen molar-refractivity contribution >= 4 is 11.8 Å². The summed E-state index contributed by atoms with van der Waals surface area (Å²) >= 11 is 0. The number of carbonyl (C=O) groups excluding carboxylic acids is 2. The molecule has 0 aromatic heterocycles. The number of unbranched alkanes of at least 4 members (excludes halogenated alkanes) is 4. The number of Topliss-reactive ketones (excluding diaryl/α,β-unsaturated/α-hetero) is 1. The third-order valence-electron chi connectivity index (χ3n) is 4.38. The van der Waals surface area contributed by atoms with Gasteiger partial charge in [0.05, 0.1) is 6.61 Å². The first kappa shape index (κ1) is 19.1. The zero-order chi connectivity index (χ0) is 17.7. The van der Waals surface area contributed by atoms with Crippen LogP contribution in [0.1, 0.15) is 59.3 Å². The molecule has 0 amide bonds. The average molecular weight is 340 g/mol. The van der Waals surface area contributed by atoms with Crippen molar-refractivity contribution in [2.75, 3.05) is 13.2 Å². The van der Waals surface area contributed by atoms with Crippen molar-refractivity contribution in [2.45, 2.75) is 77.3 Å². The fourth-order valence-electron chi connectivity index (χ4n) is 3.21. The van der Waals surface area contributed by atoms with Crippen molar-refractivity contribution in [1.29, 1.82) is 0 Å². The lowest BCUT2D eigenvalue weighted by Gasteiger charge is -2.17. The number of carbonyl (C=O) groups is 2. The molecule has 0 bridgehead atoms. The molecular weight excluding hydrogens is 312 g/mol. The minimum atomic E-state index is -0.870. The molecule has 0 unspecified atom stereocenters. The molecule has 0 aromatic carbocycles. The number of esters is 1. The summed E-state index contributed by atoms with van der Waals surface area (Å²) in [6.45, 7) is 5.40. The first-order valence-electron chi connectivity index (χ1n) is 8.79. The predicted molar refractivity (Wildman–Crippen MR) is 87.3 cm³/mol. The maximum atomic E-state index is 12.5. The third-order valence-corrected chi connectivity index (χ3v) is 4.38. The Labute approximate surface area is 143 Å². The Balaban J connectivity index is 2.08. The SMILES string of the molecule is CCCCCCCC(=O)C1=C([C@H]2OC(C)(C)O[C@@H]2CO)COC1=O. The van der Waals surface area contributed by atoms with Gasteiger partial charge in [0.1, 0.15) is 24.4 Å². The third kappa shape index (κ3) is 4.43. The van der Waals surface area contributed by atoms with Gasteiger partial charge in [-0.05, 0) is 20.3 Å². The van der Waals surface area contributed by atoms with Gasteiger partial charge in [0.2, 0.25) is 0 Å². The topological polar surface area (TPSA) is 82.1 Å². The van der Waals surface area contributed by atoms with Gasteiger partial charge < -0.3 is 19.3 Å². The van der Waals surface area contributed by atoms with Crippen molar-refractivity contribution in [2.24, 2.45) is 0 Å². The van der Waals surface area contributed by atoms with E-state index in [9.17, 15) is 14.7 Å². The number of ether oxygens (including phenoxy) is 3. The van der Waals surface area contributed by atoms with Crippen molar-refractivity contribution < 1.29 is 28.9 Å². The molecule has 6 heteroatoms. The molecule has 136 valence electrons. The molecule has 2 heterocycles. The van der Waals surface area contributed by atoms with E-state index in [4.69, 9.17) is 14.2 Å². The first-order chi connectivity index (χ1) is 11.4. The van der Waals surface area contributed by atoms with Gasteiger partial charge in [0, 0.05) is 12.0 Å². The summed E-state index contributed by atoms with van der Waals surface area (Å²) in [6.07, 6.45) is 4.25. The van der Waals surface area contributed by atoms with E-state index >= 15 is 0 Å². The Hall–Kier alpha value is -1.24. The number of cyclic esters (lactones) is 1. The minimum absolute atomic E-state index is 0.0242. The predicted octanol–water partition coefficient (Wildman–Crippen LogP) is 2.28. The molecule has 0 radical (unpaired) electrons. The Morgan fingerprint density at radius 2 is 1.92 bits per heavy atom. The van der Waals surface area contributed by atoms with Crippen LogP contribution in [0.5, 0.6) is 0 Å². The lowest BCUT2D eigenvalue weighted by Crippen LogP contribution is -2.30. The van der Waals surface area contributed by atoms with Crippen LogP contribution in [0.2, 0.25) is 0 Å². The smallest absolute Gasteiger partial charge is 0.342 e. The number of aliphatic hydroxyl groups excluding tert-OH is 1. The van der Waals surface area contributed by atoms with Crippen molar-refractivity contribution in [1.82, 2.24) is 0 Å². The molecular formula is C18H28O6. The van der Waals surface area contributed by atoms with Gasteiger partial charge in [0.15, 0.2) is 11.6 Å². The van der Waals surface area contributed by atoms with Crippen LogP contribution >= 0.6 is 0 Å². The van der Waals surface area contributed by atoms with Gasteiger partial charge in [-0.15, -0.1) is 0 Å². The summed E-state index contributed by atoms with van der Waals surface area (Å²) in [7, 11) is 0. The van der Waals surface area contributed by atoms with Crippen LogP contribution in [0, 0.1) is 0 Å². The molecule has 0 saturated carbocycles. The van der Waals surface area contributed by atoms with Gasteiger partial charge in [0.25, 0.3) is 0 Å². The highest BCUT2D eigenvalue weighted by atomic mass is 16.8. The van der Waals surface area contributed by atoms with Crippen LogP contribution in [0.25, 0.3) is 0 Å². The first-order valence-corrected chi connectivity index (χ1v) is 8.79. The van der Waals surface area contributed by atoms with Crippen LogP contribution in [-0.2, 0) is 23.8 Å². The monoisotopic (exact) mass is 340 g/mol. The highest BCUT2D eigenvalue weighted by Gasteiger charge is 2.46. The zero-order valence-corrected chi connectivity index (χ0v) is 14.8. The largest absolute Gasteiger partial charge is 0.457 e. The van der Waals surface area contributed by atoms with E-state index in [2.05, 4.69) is 6.92 Å². The summed E-state index contributed by atoms with van der Waals surface area (Å²) in [5.74, 6) is -1.66. The van der Waals surface area contributed by atoms with Gasteiger partial charge in [-0.1, -0.05) is 32.6 Å². The van der Waals surface area contributed by atoms with Crippen LogP contribution in [0.4, 0.5) is 0 Å². The second-order valence-corrected chi connectivity index (χ2v) is 6.84. The quantitative estimate of drug-likeness (QED) is 0.394. The van der Waals surface area contributed by atoms with E-state index in [0.29, 0.717) is 12.0 Å². The molecule has 0 aromatic rings. The number of ketones is 1. The molecule has 2 atom stereocenters. The standard InChI is InChI=1S/C18H28O6/c1-4-5-6-7-8-9-13(20)15-12(11-22-17(15)21)16-14(10-19)23-18(2,3)24-16/h14,16,19H,4-11H2,1-3H3/t14-,16-/m1/s1. The van der Waals surface area contributed by atoms with Crippen LogP contribution < -0.4 is 0 Å². The van der Waals surface area contributed by atoms with E-state index in [1.807, 2.05) is 0 Å². The number of aliphatic hydroxyl groups is 1. The Bertz CT molecular complexity index is 508. The van der Waals surface area contributed by atoms with Crippen LogP contribution in [-0.4, -0.2) is 48.1 Å². The molecule has 0 aliphatic carbocycles. The minimum Gasteiger partial charge on any atom is -0.457 e. The highest BCUT2D eigenvalue weighted by molar-refractivity contribution is 6.19. The second kappa shape index (κ2) is 8.23. The van der Waals surface area contributed by atoms with E-state index in [1.54, 1.807) is 13.8 Å². The molecule has 2 rings (SSSR count). The lowest BCUT2D eigenvalue weighted by atomic mass is 9.96. The van der Waals surface area contributed by atoms with Crippen LogP contribution in [0.15, 0.2) is 11.1 Å². The molecule has 1 fully saturated rings. The van der Waals surface area contributed by atoms with Crippen molar-refractivity contribution in [3.8, 4) is 0 Å². The average Bonchev–Trinajstić information content (AvgIpc) is 3.06. The fraction of sp³-hybridized carbons (Fsp3) is 0.778. The molecule has 24 heavy (non-hydrogen) atoms. The highest BCUT2D eigenvalue weighted by Crippen LogP contribution is 2.35. The molecule has 6 nitrogen and oxygen atoms in total. The summed E-state index contributed by atoms with van der Waals surface area (Å²) in [5.41, 5.74) is 0.596. The van der Waals surface area contributed by atoms with Gasteiger partial charge in [-0.2, -0.15) is 0 Å². The maximum absolute atomic E-state index is 12.5. The van der Waals surface area contributed by atoms with E-state index in [1.165, 1.54) is 0 Å². The molecule has 1 saturated heterocycles.